The van der Waals surface area contributed by atoms with Crippen molar-refractivity contribution in [2.24, 2.45) is 11.5 Å². The molecule has 4 aromatic rings. The van der Waals surface area contributed by atoms with Crippen LogP contribution >= 0.6 is 0 Å². The van der Waals surface area contributed by atoms with E-state index in [2.05, 4.69) is 23.6 Å². The third-order valence-corrected chi connectivity index (χ3v) is 8.09. The minimum absolute atomic E-state index is 0.0223. The van der Waals surface area contributed by atoms with Crippen LogP contribution < -0.4 is 11.5 Å². The quantitative estimate of drug-likeness (QED) is 0.152. The third kappa shape index (κ3) is 7.06. The fourth-order valence-corrected chi connectivity index (χ4v) is 5.59. The molecule has 220 valence electrons. The third-order valence-electron chi connectivity index (χ3n) is 8.09. The van der Waals surface area contributed by atoms with E-state index in [1.165, 1.54) is 0 Å². The molecule has 1 unspecified atom stereocenters. The maximum atomic E-state index is 13.8. The summed E-state index contributed by atoms with van der Waals surface area (Å²) in [5.41, 5.74) is 18.0. The number of unbranched alkanes of at least 4 members (excludes halogenated alkanes) is 1. The predicted octanol–water partition coefficient (Wildman–Crippen LogP) is 5.19. The summed E-state index contributed by atoms with van der Waals surface area (Å²) < 4.78 is 8.26. The number of aromatic nitrogens is 2. The summed E-state index contributed by atoms with van der Waals surface area (Å²) in [6.07, 6.45) is 5.83. The maximum Gasteiger partial charge on any atom is 0.254 e. The van der Waals surface area contributed by atoms with Gasteiger partial charge in [-0.25, -0.2) is 4.98 Å². The number of nitrogen functional groups attached to an aromatic ring is 1. The van der Waals surface area contributed by atoms with Gasteiger partial charge in [0.05, 0.1) is 23.7 Å². The Morgan fingerprint density at radius 2 is 1.74 bits per heavy atom. The highest BCUT2D eigenvalue weighted by Crippen LogP contribution is 2.24. The number of fused-ring (bicyclic) bond motifs is 1. The van der Waals surface area contributed by atoms with Gasteiger partial charge in [-0.2, -0.15) is 0 Å². The molecule has 1 fully saturated rings. The average Bonchev–Trinajstić information content (AvgIpc) is 3.66. The molecule has 0 aliphatic carbocycles. The van der Waals surface area contributed by atoms with Crippen LogP contribution in [0.15, 0.2) is 66.7 Å². The summed E-state index contributed by atoms with van der Waals surface area (Å²) in [5, 5.41) is 7.64. The van der Waals surface area contributed by atoms with E-state index >= 15 is 0 Å². The zero-order valence-electron chi connectivity index (χ0n) is 24.5. The second-order valence-corrected chi connectivity index (χ2v) is 11.2. The van der Waals surface area contributed by atoms with E-state index in [1.807, 2.05) is 59.5 Å². The molecule has 5 rings (SSSR count). The van der Waals surface area contributed by atoms with E-state index in [-0.39, 0.29) is 17.8 Å². The number of nitrogens with zero attached hydrogens (tertiary/aromatic N) is 3. The lowest BCUT2D eigenvalue weighted by Crippen LogP contribution is -2.31. The molecule has 2 heterocycles. The second-order valence-electron chi connectivity index (χ2n) is 11.2. The molecule has 0 spiro atoms. The number of carbonyl (C=O) groups excluding carboxylic acids is 1. The summed E-state index contributed by atoms with van der Waals surface area (Å²) in [5.74, 6) is 1.08. The molecule has 5 N–H and O–H groups in total. The molecule has 0 bridgehead atoms. The highest BCUT2D eigenvalue weighted by atomic mass is 16.5. The van der Waals surface area contributed by atoms with Gasteiger partial charge in [-0.1, -0.05) is 61.9 Å². The number of amidine groups is 1. The first-order chi connectivity index (χ1) is 20.4. The molecule has 1 saturated heterocycles. The van der Waals surface area contributed by atoms with Crippen LogP contribution in [0.5, 0.6) is 0 Å². The Balaban J connectivity index is 1.40. The fourth-order valence-electron chi connectivity index (χ4n) is 5.59. The van der Waals surface area contributed by atoms with Crippen molar-refractivity contribution in [2.45, 2.75) is 71.2 Å². The molecule has 0 radical (unpaired) electrons. The van der Waals surface area contributed by atoms with E-state index in [4.69, 9.17) is 26.6 Å². The number of rotatable bonds is 13. The van der Waals surface area contributed by atoms with Crippen molar-refractivity contribution in [3.63, 3.8) is 0 Å². The number of hydrogen-bond acceptors (Lipinski definition) is 5. The van der Waals surface area contributed by atoms with Gasteiger partial charge >= 0.3 is 0 Å². The van der Waals surface area contributed by atoms with Gasteiger partial charge in [0.25, 0.3) is 5.91 Å². The van der Waals surface area contributed by atoms with Gasteiger partial charge in [-0.3, -0.25) is 10.2 Å². The van der Waals surface area contributed by atoms with Crippen LogP contribution in [0.3, 0.4) is 0 Å². The summed E-state index contributed by atoms with van der Waals surface area (Å²) >= 11 is 0. The molecule has 3 aromatic carbocycles. The molecule has 42 heavy (non-hydrogen) atoms. The van der Waals surface area contributed by atoms with Crippen LogP contribution in [0, 0.1) is 5.41 Å². The predicted molar refractivity (Wildman–Crippen MR) is 168 cm³/mol. The Hall–Kier alpha value is -4.01. The minimum Gasteiger partial charge on any atom is -0.384 e. The number of benzene rings is 3. The number of hydrogen-bond donors (Lipinski definition) is 3. The Kier molecular flexibility index (Phi) is 9.66. The van der Waals surface area contributed by atoms with Crippen molar-refractivity contribution < 1.29 is 9.53 Å². The number of amides is 1. The van der Waals surface area contributed by atoms with Crippen molar-refractivity contribution >= 4 is 22.8 Å². The van der Waals surface area contributed by atoms with Crippen LogP contribution in [0.4, 0.5) is 0 Å². The molecular formula is C34H42N6O2. The number of carbonyl (C=O) groups is 1. The number of nitrogens with one attached hydrogen (secondary N) is 1. The molecule has 8 nitrogen and oxygen atoms in total. The first-order valence-electron chi connectivity index (χ1n) is 15.1. The van der Waals surface area contributed by atoms with Crippen molar-refractivity contribution in [2.75, 3.05) is 13.2 Å². The Morgan fingerprint density at radius 1 is 1.02 bits per heavy atom. The van der Waals surface area contributed by atoms with Crippen LogP contribution in [0.25, 0.3) is 11.0 Å². The number of aryl methyl sites for hydroxylation is 2. The monoisotopic (exact) mass is 566 g/mol. The smallest absolute Gasteiger partial charge is 0.254 e. The van der Waals surface area contributed by atoms with Crippen LogP contribution in [0.1, 0.15) is 71.0 Å². The Bertz CT molecular complexity index is 1500. The van der Waals surface area contributed by atoms with E-state index in [9.17, 15) is 4.79 Å². The van der Waals surface area contributed by atoms with Gasteiger partial charge in [0.1, 0.15) is 11.7 Å². The highest BCUT2D eigenvalue weighted by molar-refractivity contribution is 5.97. The van der Waals surface area contributed by atoms with Gasteiger partial charge in [-0.05, 0) is 60.6 Å². The molecule has 1 atom stereocenters. The molecule has 0 saturated carbocycles. The van der Waals surface area contributed by atoms with Gasteiger partial charge in [0, 0.05) is 43.8 Å². The summed E-state index contributed by atoms with van der Waals surface area (Å²) in [6.45, 7) is 5.47. The summed E-state index contributed by atoms with van der Waals surface area (Å²) in [4.78, 5) is 20.8. The van der Waals surface area contributed by atoms with Crippen LogP contribution in [0.2, 0.25) is 0 Å². The van der Waals surface area contributed by atoms with Crippen molar-refractivity contribution in [3.8, 4) is 0 Å². The van der Waals surface area contributed by atoms with Gasteiger partial charge in [0.2, 0.25) is 0 Å². The largest absolute Gasteiger partial charge is 0.384 e. The zero-order valence-corrected chi connectivity index (χ0v) is 24.5. The van der Waals surface area contributed by atoms with E-state index < -0.39 is 0 Å². The molecule has 1 aromatic heterocycles. The van der Waals surface area contributed by atoms with Crippen molar-refractivity contribution in [1.82, 2.24) is 14.5 Å². The molecule has 8 heteroatoms. The van der Waals surface area contributed by atoms with Gasteiger partial charge < -0.3 is 25.7 Å². The van der Waals surface area contributed by atoms with Gasteiger partial charge in [0.15, 0.2) is 0 Å². The normalized spacial score (nSPS) is 14.9. The highest BCUT2D eigenvalue weighted by Gasteiger charge is 2.22. The van der Waals surface area contributed by atoms with Crippen molar-refractivity contribution in [1.29, 1.82) is 5.41 Å². The van der Waals surface area contributed by atoms with Gasteiger partial charge in [-0.15, -0.1) is 0 Å². The van der Waals surface area contributed by atoms with Crippen LogP contribution in [-0.2, 0) is 37.2 Å². The Labute approximate surface area is 248 Å². The average molecular weight is 567 g/mol. The molecule has 1 aliphatic heterocycles. The first kappa shape index (κ1) is 29.5. The number of ether oxygens (including phenoxy) is 1. The van der Waals surface area contributed by atoms with E-state index in [0.29, 0.717) is 25.2 Å². The lowest BCUT2D eigenvalue weighted by Gasteiger charge is -2.23. The lowest BCUT2D eigenvalue weighted by molar-refractivity contribution is 0.0741. The minimum atomic E-state index is 0.0223. The van der Waals surface area contributed by atoms with E-state index in [0.717, 1.165) is 90.8 Å². The molecule has 1 aliphatic rings. The molecular weight excluding hydrogens is 524 g/mol. The zero-order chi connectivity index (χ0) is 29.5. The summed E-state index contributed by atoms with van der Waals surface area (Å²) in [7, 11) is 0. The Morgan fingerprint density at radius 3 is 2.40 bits per heavy atom. The molecule has 1 amide bonds. The fraction of sp³-hybridized carbons (Fsp3) is 0.382. The lowest BCUT2D eigenvalue weighted by atomic mass is 10.1. The first-order valence-corrected chi connectivity index (χ1v) is 15.1. The summed E-state index contributed by atoms with van der Waals surface area (Å²) in [6, 6.07) is 21.9. The number of imidazole rings is 1. The van der Waals surface area contributed by atoms with E-state index in [1.54, 1.807) is 0 Å². The van der Waals surface area contributed by atoms with Crippen molar-refractivity contribution in [3.05, 3.63) is 100 Å². The topological polar surface area (TPSA) is 123 Å². The van der Waals surface area contributed by atoms with Crippen LogP contribution in [-0.4, -0.2) is 45.4 Å². The second kappa shape index (κ2) is 13.8. The standard InChI is InChI=1S/C34H42N6O2/c1-2-3-18-39(22-26-8-6-25(21-35)7-9-26)34(41)28-15-16-31-30(20-28)38-32(40(31)23-29-5-4-19-42-29)17-12-24-10-13-27(14-11-24)33(36)37/h6-11,13-16,20,29H,2-5,12,17-19,21-23,35H2,1H3,(H3,36,37). The number of nitrogens with two attached hydrogens (primary N) is 2. The SMILES string of the molecule is CCCCN(Cc1ccc(CN)cc1)C(=O)c1ccc2c(c1)nc(CCc1ccc(C(=N)N)cc1)n2CC1CCCO1. The maximum absolute atomic E-state index is 13.8.